The van der Waals surface area contributed by atoms with Gasteiger partial charge in [-0.05, 0) is 38.9 Å². The smallest absolute Gasteiger partial charge is 0.0427 e. The van der Waals surface area contributed by atoms with Crippen molar-refractivity contribution in [2.24, 2.45) is 0 Å². The van der Waals surface area contributed by atoms with Crippen molar-refractivity contribution >= 4 is 22.1 Å². The first kappa shape index (κ1) is 16.0. The van der Waals surface area contributed by atoms with Gasteiger partial charge in [-0.15, -0.1) is 11.3 Å². The minimum Gasteiger partial charge on any atom is -0.142 e. The van der Waals surface area contributed by atoms with E-state index >= 15 is 0 Å². The summed E-state index contributed by atoms with van der Waals surface area (Å²) in [6.07, 6.45) is 0. The fourth-order valence-electron chi connectivity index (χ4n) is 3.62. The molecule has 5 rings (SSSR count). The van der Waals surface area contributed by atoms with Gasteiger partial charge in [-0.1, -0.05) is 97.1 Å². The van der Waals surface area contributed by atoms with E-state index in [1.807, 2.05) is 11.3 Å². The second-order valence-corrected chi connectivity index (χ2v) is 7.53. The van der Waals surface area contributed by atoms with E-state index in [0.29, 0.717) is 0 Å². The van der Waals surface area contributed by atoms with Gasteiger partial charge in [0.25, 0.3) is 0 Å². The van der Waals surface area contributed by atoms with Gasteiger partial charge in [0.2, 0.25) is 0 Å². The molecular weight excluding hydrogens is 344 g/mol. The molecule has 0 fully saturated rings. The van der Waals surface area contributed by atoms with E-state index in [1.165, 1.54) is 43.5 Å². The fourth-order valence-corrected chi connectivity index (χ4v) is 4.72. The SMILES string of the molecule is c1ccc(-c2csc(-c3ccc4ccccc4c3)c2-c2ccccc2)cc1. The molecule has 0 N–H and O–H groups in total. The summed E-state index contributed by atoms with van der Waals surface area (Å²) in [6, 6.07) is 36.7. The molecule has 0 aliphatic carbocycles. The monoisotopic (exact) mass is 362 g/mol. The normalized spacial score (nSPS) is 11.0. The molecule has 27 heavy (non-hydrogen) atoms. The van der Waals surface area contributed by atoms with Crippen LogP contribution in [0.1, 0.15) is 0 Å². The number of hydrogen-bond acceptors (Lipinski definition) is 1. The molecule has 4 aromatic carbocycles. The predicted octanol–water partition coefficient (Wildman–Crippen LogP) is 7.90. The van der Waals surface area contributed by atoms with Gasteiger partial charge in [0.05, 0.1) is 0 Å². The molecule has 128 valence electrons. The van der Waals surface area contributed by atoms with Crippen LogP contribution in [-0.4, -0.2) is 0 Å². The van der Waals surface area contributed by atoms with Crippen molar-refractivity contribution in [1.29, 1.82) is 0 Å². The van der Waals surface area contributed by atoms with Gasteiger partial charge in [0, 0.05) is 16.0 Å². The van der Waals surface area contributed by atoms with E-state index in [-0.39, 0.29) is 0 Å². The Morgan fingerprint density at radius 1 is 0.481 bits per heavy atom. The van der Waals surface area contributed by atoms with Crippen molar-refractivity contribution in [2.45, 2.75) is 0 Å². The minimum absolute atomic E-state index is 1.26. The van der Waals surface area contributed by atoms with E-state index in [0.717, 1.165) is 0 Å². The lowest BCUT2D eigenvalue weighted by Crippen LogP contribution is -1.84. The molecule has 0 amide bonds. The van der Waals surface area contributed by atoms with Crippen LogP contribution in [-0.2, 0) is 0 Å². The highest BCUT2D eigenvalue weighted by atomic mass is 32.1. The number of fused-ring (bicyclic) bond motifs is 1. The Hall–Kier alpha value is -3.16. The van der Waals surface area contributed by atoms with Crippen LogP contribution in [0, 0.1) is 0 Å². The quantitative estimate of drug-likeness (QED) is 0.306. The summed E-state index contributed by atoms with van der Waals surface area (Å²) in [4.78, 5) is 1.32. The Morgan fingerprint density at radius 2 is 1.11 bits per heavy atom. The maximum Gasteiger partial charge on any atom is 0.0427 e. The summed E-state index contributed by atoms with van der Waals surface area (Å²) < 4.78 is 0. The van der Waals surface area contributed by atoms with Crippen LogP contribution in [0.4, 0.5) is 0 Å². The summed E-state index contributed by atoms with van der Waals surface area (Å²) in [6.45, 7) is 0. The average Bonchev–Trinajstić information content (AvgIpc) is 3.20. The number of benzene rings is 4. The third kappa shape index (κ3) is 2.97. The largest absolute Gasteiger partial charge is 0.142 e. The zero-order chi connectivity index (χ0) is 18.1. The topological polar surface area (TPSA) is 0 Å². The van der Waals surface area contributed by atoms with Crippen molar-refractivity contribution in [1.82, 2.24) is 0 Å². The Kier molecular flexibility index (Phi) is 4.08. The first-order chi connectivity index (χ1) is 13.4. The van der Waals surface area contributed by atoms with Gasteiger partial charge in [0.1, 0.15) is 0 Å². The first-order valence-electron chi connectivity index (χ1n) is 9.12. The fraction of sp³-hybridized carbons (Fsp3) is 0. The van der Waals surface area contributed by atoms with Gasteiger partial charge in [-0.25, -0.2) is 0 Å². The molecule has 0 spiro atoms. The lowest BCUT2D eigenvalue weighted by Gasteiger charge is -2.10. The second kappa shape index (κ2) is 6.86. The molecule has 0 nitrogen and oxygen atoms in total. The molecule has 1 heteroatoms. The van der Waals surface area contributed by atoms with Crippen molar-refractivity contribution in [3.05, 3.63) is 109 Å². The second-order valence-electron chi connectivity index (χ2n) is 6.65. The van der Waals surface area contributed by atoms with Crippen LogP contribution >= 0.6 is 11.3 Å². The van der Waals surface area contributed by atoms with Gasteiger partial charge < -0.3 is 0 Å². The molecule has 0 atom stereocenters. The Balaban J connectivity index is 1.76. The molecule has 0 aliphatic rings. The maximum absolute atomic E-state index is 2.31. The third-order valence-electron chi connectivity index (χ3n) is 4.95. The summed E-state index contributed by atoms with van der Waals surface area (Å²) in [5, 5.41) is 4.85. The Labute approximate surface area is 163 Å². The highest BCUT2D eigenvalue weighted by Crippen LogP contribution is 2.45. The minimum atomic E-state index is 1.26. The van der Waals surface area contributed by atoms with E-state index in [1.54, 1.807) is 0 Å². The lowest BCUT2D eigenvalue weighted by molar-refractivity contribution is 1.63. The molecule has 1 aromatic heterocycles. The molecule has 0 aliphatic heterocycles. The van der Waals surface area contributed by atoms with Crippen LogP contribution in [0.5, 0.6) is 0 Å². The van der Waals surface area contributed by atoms with E-state index < -0.39 is 0 Å². The molecule has 5 aromatic rings. The first-order valence-corrected chi connectivity index (χ1v) is 9.99. The summed E-state index contributed by atoms with van der Waals surface area (Å²) >= 11 is 1.83. The maximum atomic E-state index is 2.31. The van der Waals surface area contributed by atoms with Crippen molar-refractivity contribution in [2.75, 3.05) is 0 Å². The van der Waals surface area contributed by atoms with Crippen molar-refractivity contribution in [3.8, 4) is 32.7 Å². The van der Waals surface area contributed by atoms with Crippen LogP contribution in [0.2, 0.25) is 0 Å². The number of thiophene rings is 1. The standard InChI is InChI=1S/C26H18S/c1-3-10-20(11-4-1)24-18-27-26(25(24)21-12-5-2-6-13-21)23-16-15-19-9-7-8-14-22(19)17-23/h1-18H. The summed E-state index contributed by atoms with van der Waals surface area (Å²) in [5.74, 6) is 0. The van der Waals surface area contributed by atoms with E-state index in [2.05, 4.69) is 109 Å². The highest BCUT2D eigenvalue weighted by molar-refractivity contribution is 7.14. The summed E-state index contributed by atoms with van der Waals surface area (Å²) in [7, 11) is 0. The lowest BCUT2D eigenvalue weighted by atomic mass is 9.94. The van der Waals surface area contributed by atoms with Crippen molar-refractivity contribution < 1.29 is 0 Å². The van der Waals surface area contributed by atoms with Crippen LogP contribution in [0.15, 0.2) is 109 Å². The van der Waals surface area contributed by atoms with Gasteiger partial charge in [0.15, 0.2) is 0 Å². The third-order valence-corrected chi connectivity index (χ3v) is 5.98. The number of hydrogen-bond donors (Lipinski definition) is 0. The van der Waals surface area contributed by atoms with Crippen LogP contribution in [0.25, 0.3) is 43.5 Å². The van der Waals surface area contributed by atoms with E-state index in [4.69, 9.17) is 0 Å². The van der Waals surface area contributed by atoms with E-state index in [9.17, 15) is 0 Å². The van der Waals surface area contributed by atoms with Crippen LogP contribution in [0.3, 0.4) is 0 Å². The molecule has 0 bridgehead atoms. The molecule has 0 unspecified atom stereocenters. The zero-order valence-corrected chi connectivity index (χ0v) is 15.6. The number of rotatable bonds is 3. The molecule has 1 heterocycles. The Bertz CT molecular complexity index is 1200. The van der Waals surface area contributed by atoms with Gasteiger partial charge in [-0.3, -0.25) is 0 Å². The van der Waals surface area contributed by atoms with Gasteiger partial charge in [-0.2, -0.15) is 0 Å². The molecule has 0 saturated carbocycles. The zero-order valence-electron chi connectivity index (χ0n) is 14.8. The highest BCUT2D eigenvalue weighted by Gasteiger charge is 2.16. The summed E-state index contributed by atoms with van der Waals surface area (Å²) in [5.41, 5.74) is 6.43. The predicted molar refractivity (Wildman–Crippen MR) is 118 cm³/mol. The average molecular weight is 362 g/mol. The molecule has 0 radical (unpaired) electrons. The Morgan fingerprint density at radius 3 is 1.85 bits per heavy atom. The molecular formula is C26H18S. The van der Waals surface area contributed by atoms with Crippen LogP contribution < -0.4 is 0 Å². The van der Waals surface area contributed by atoms with Gasteiger partial charge >= 0.3 is 0 Å². The van der Waals surface area contributed by atoms with Crippen molar-refractivity contribution in [3.63, 3.8) is 0 Å². The molecule has 0 saturated heterocycles.